The lowest BCUT2D eigenvalue weighted by molar-refractivity contribution is -0.192. The Morgan fingerprint density at radius 3 is 2.34 bits per heavy atom. The fraction of sp³-hybridized carbons (Fsp3) is 0.581. The summed E-state index contributed by atoms with van der Waals surface area (Å²) in [6.07, 6.45) is 0.616. The van der Waals surface area contributed by atoms with Crippen LogP contribution in [0, 0.1) is 17.2 Å². The summed E-state index contributed by atoms with van der Waals surface area (Å²) in [5.41, 5.74) is 4.83. The Balaban J connectivity index is 0.000000644. The number of carbonyl (C=O) groups is 2. The molecule has 5 rings (SSSR count). The first-order valence-electron chi connectivity index (χ1n) is 15.6. The van der Waals surface area contributed by atoms with E-state index in [-0.39, 0.29) is 17.8 Å². The van der Waals surface area contributed by atoms with Gasteiger partial charge in [-0.1, -0.05) is 12.1 Å². The lowest BCUT2D eigenvalue weighted by atomic mass is 9.97. The van der Waals surface area contributed by atoms with E-state index in [0.29, 0.717) is 29.1 Å². The zero-order valence-corrected chi connectivity index (χ0v) is 27.8. The fourth-order valence-corrected chi connectivity index (χ4v) is 6.33. The number of alkyl halides is 3. The number of ether oxygens (including phenoxy) is 1. The number of piperazine rings is 1. The van der Waals surface area contributed by atoms with E-state index in [4.69, 9.17) is 14.6 Å². The number of carbonyl (C=O) groups excluding carboxylic acids is 1. The van der Waals surface area contributed by atoms with Crippen molar-refractivity contribution >= 4 is 33.6 Å². The van der Waals surface area contributed by atoms with Crippen LogP contribution in [0.4, 0.5) is 19.0 Å². The lowest BCUT2D eigenvalue weighted by Gasteiger charge is -2.38. The number of hydrogen-bond acceptors (Lipinski definition) is 10. The molecule has 1 unspecified atom stereocenters. The minimum atomic E-state index is -5.08. The molecule has 1 aromatic heterocycles. The molecule has 1 atom stereocenters. The van der Waals surface area contributed by atoms with E-state index in [1.807, 2.05) is 30.3 Å². The number of amides is 1. The molecule has 0 radical (unpaired) electrons. The molecule has 4 heterocycles. The van der Waals surface area contributed by atoms with Crippen LogP contribution in [0.2, 0.25) is 0 Å². The van der Waals surface area contributed by atoms with Gasteiger partial charge in [0.15, 0.2) is 5.82 Å². The number of aromatic nitrogens is 2. The van der Waals surface area contributed by atoms with E-state index in [0.717, 1.165) is 51.5 Å². The van der Waals surface area contributed by atoms with Gasteiger partial charge in [0, 0.05) is 70.8 Å². The Bertz CT molecular complexity index is 1380. The van der Waals surface area contributed by atoms with Gasteiger partial charge in [0.05, 0.1) is 10.5 Å². The predicted octanol–water partition coefficient (Wildman–Crippen LogP) is 3.53. The average Bonchev–Trinajstić information content (AvgIpc) is 3.05. The molecule has 2 aromatic rings. The third-order valence-electron chi connectivity index (χ3n) is 8.40. The normalized spacial score (nSPS) is 20.0. The molecule has 12 nitrogen and oxygen atoms in total. The number of likely N-dealkylation sites (tertiary alicyclic amines) is 1. The van der Waals surface area contributed by atoms with Gasteiger partial charge in [0.1, 0.15) is 6.07 Å². The fourth-order valence-electron chi connectivity index (χ4n) is 5.95. The number of aliphatic carboxylic acids is 1. The second kappa shape index (κ2) is 17.2. The van der Waals surface area contributed by atoms with Gasteiger partial charge < -0.3 is 19.6 Å². The number of nitriles is 1. The molecule has 256 valence electrons. The summed E-state index contributed by atoms with van der Waals surface area (Å²) in [7, 11) is 2.24. The number of nitrogens with one attached hydrogen (secondary N) is 1. The van der Waals surface area contributed by atoms with Gasteiger partial charge in [0.2, 0.25) is 5.82 Å². The molecule has 1 amide bonds. The Morgan fingerprint density at radius 1 is 1.11 bits per heavy atom. The van der Waals surface area contributed by atoms with Crippen molar-refractivity contribution in [1.29, 1.82) is 5.26 Å². The Labute approximate surface area is 280 Å². The molecule has 3 aliphatic heterocycles. The van der Waals surface area contributed by atoms with Crippen LogP contribution < -0.4 is 10.4 Å². The topological polar surface area (TPSA) is 138 Å². The molecular formula is C31H40BrF3N8O4. The van der Waals surface area contributed by atoms with Crippen LogP contribution in [-0.2, 0) is 16.1 Å². The third-order valence-corrected chi connectivity index (χ3v) is 8.96. The highest BCUT2D eigenvalue weighted by atomic mass is 79.9. The van der Waals surface area contributed by atoms with Gasteiger partial charge in [-0.3, -0.25) is 20.1 Å². The van der Waals surface area contributed by atoms with Crippen molar-refractivity contribution in [3.05, 3.63) is 51.9 Å². The minimum Gasteiger partial charge on any atom is -0.475 e. The molecule has 0 aliphatic carbocycles. The van der Waals surface area contributed by atoms with Crippen LogP contribution in [0.25, 0.3) is 0 Å². The van der Waals surface area contributed by atoms with Crippen LogP contribution in [-0.4, -0.2) is 120 Å². The number of piperidine rings is 1. The first-order chi connectivity index (χ1) is 22.4. The Hall–Kier alpha value is -3.36. The number of halogens is 4. The van der Waals surface area contributed by atoms with E-state index in [1.165, 1.54) is 38.0 Å². The van der Waals surface area contributed by atoms with Crippen molar-refractivity contribution in [2.45, 2.75) is 44.4 Å². The predicted molar refractivity (Wildman–Crippen MR) is 170 cm³/mol. The molecule has 3 aliphatic rings. The zero-order chi connectivity index (χ0) is 34.0. The molecule has 0 saturated carbocycles. The van der Waals surface area contributed by atoms with Crippen LogP contribution in [0.3, 0.4) is 0 Å². The van der Waals surface area contributed by atoms with Crippen LogP contribution >= 0.6 is 15.9 Å². The largest absolute Gasteiger partial charge is 0.490 e. The maximum atomic E-state index is 13.3. The highest BCUT2D eigenvalue weighted by Gasteiger charge is 2.38. The van der Waals surface area contributed by atoms with Gasteiger partial charge in [0.25, 0.3) is 5.91 Å². The maximum Gasteiger partial charge on any atom is 0.490 e. The SMILES string of the molecule is CN1CCCC(CN2CCN(Cc3ccc(C(=O)NN(c4nc(C#N)ncc4Br)C4CCOCC4)cc3)CC2)C1.O=C(O)C(F)(F)F. The summed E-state index contributed by atoms with van der Waals surface area (Å²) in [5.74, 6) is -1.65. The van der Waals surface area contributed by atoms with Crippen molar-refractivity contribution < 1.29 is 32.6 Å². The van der Waals surface area contributed by atoms with Gasteiger partial charge in [-0.25, -0.2) is 9.78 Å². The summed E-state index contributed by atoms with van der Waals surface area (Å²) < 4.78 is 37.9. The highest BCUT2D eigenvalue weighted by Crippen LogP contribution is 2.27. The van der Waals surface area contributed by atoms with Crippen molar-refractivity contribution in [3.8, 4) is 6.07 Å². The van der Waals surface area contributed by atoms with Gasteiger partial charge >= 0.3 is 12.1 Å². The molecule has 1 aromatic carbocycles. The van der Waals surface area contributed by atoms with Crippen LogP contribution in [0.5, 0.6) is 0 Å². The lowest BCUT2D eigenvalue weighted by Crippen LogP contribution is -2.51. The van der Waals surface area contributed by atoms with Crippen LogP contribution in [0.15, 0.2) is 34.9 Å². The number of nitrogens with zero attached hydrogens (tertiary/aromatic N) is 7. The summed E-state index contributed by atoms with van der Waals surface area (Å²) in [4.78, 5) is 38.2. The maximum absolute atomic E-state index is 13.3. The number of carboxylic acids is 1. The van der Waals surface area contributed by atoms with Crippen molar-refractivity contribution in [1.82, 2.24) is 30.1 Å². The van der Waals surface area contributed by atoms with Gasteiger partial charge in [-0.05, 0) is 78.8 Å². The molecule has 0 bridgehead atoms. The molecule has 2 N–H and O–H groups in total. The number of rotatable bonds is 8. The van der Waals surface area contributed by atoms with Gasteiger partial charge in [-0.2, -0.15) is 23.4 Å². The number of benzene rings is 1. The van der Waals surface area contributed by atoms with Gasteiger partial charge in [-0.15, -0.1) is 0 Å². The number of carboxylic acid groups (broad SMARTS) is 1. The first-order valence-corrected chi connectivity index (χ1v) is 16.3. The number of hydrazine groups is 1. The Kier molecular flexibility index (Phi) is 13.3. The van der Waals surface area contributed by atoms with E-state index in [9.17, 15) is 23.2 Å². The van der Waals surface area contributed by atoms with Crippen molar-refractivity contribution in [2.75, 3.05) is 71.1 Å². The van der Waals surface area contributed by atoms with E-state index >= 15 is 0 Å². The Morgan fingerprint density at radius 2 is 1.74 bits per heavy atom. The smallest absolute Gasteiger partial charge is 0.475 e. The molecule has 3 fully saturated rings. The van der Waals surface area contributed by atoms with E-state index in [1.54, 1.807) is 11.2 Å². The van der Waals surface area contributed by atoms with Crippen LogP contribution in [0.1, 0.15) is 47.4 Å². The molecule has 0 spiro atoms. The highest BCUT2D eigenvalue weighted by molar-refractivity contribution is 9.10. The monoisotopic (exact) mass is 724 g/mol. The average molecular weight is 726 g/mol. The van der Waals surface area contributed by atoms with Crippen molar-refractivity contribution in [2.24, 2.45) is 5.92 Å². The third kappa shape index (κ3) is 11.1. The van der Waals surface area contributed by atoms with E-state index < -0.39 is 12.1 Å². The van der Waals surface area contributed by atoms with E-state index in [2.05, 4.69) is 53.1 Å². The summed E-state index contributed by atoms with van der Waals surface area (Å²) in [6, 6.07) is 9.85. The number of hydrogen-bond donors (Lipinski definition) is 2. The molecular weight excluding hydrogens is 685 g/mol. The zero-order valence-electron chi connectivity index (χ0n) is 26.3. The summed E-state index contributed by atoms with van der Waals surface area (Å²) in [6.45, 7) is 10.2. The summed E-state index contributed by atoms with van der Waals surface area (Å²) >= 11 is 3.49. The summed E-state index contributed by atoms with van der Waals surface area (Å²) in [5, 5.41) is 18.2. The van der Waals surface area contributed by atoms with Crippen molar-refractivity contribution in [3.63, 3.8) is 0 Å². The minimum absolute atomic E-state index is 0.00703. The standard InChI is InChI=1S/C29H39BrN8O2.C2HF3O2/c1-35-10-2-3-23(19-35)21-37-13-11-36(12-14-37)20-22-4-6-24(7-5-22)29(39)34-38(25-8-15-40-16-9-25)28-26(30)18-32-27(17-31)33-28;3-2(4,5)1(6)7/h4-7,18,23,25H,2-3,8-16,19-21H2,1H3,(H,34,39);(H,6,7). The molecule has 16 heteroatoms. The second-order valence-electron chi connectivity index (χ2n) is 12.0. The number of anilines is 1. The molecule has 3 saturated heterocycles. The molecule has 47 heavy (non-hydrogen) atoms. The first kappa shape index (κ1) is 36.5. The second-order valence-corrected chi connectivity index (χ2v) is 12.8. The quantitative estimate of drug-likeness (QED) is 0.387.